The molecule has 2 aliphatic carbocycles. The van der Waals surface area contributed by atoms with Crippen LogP contribution in [0.5, 0.6) is 0 Å². The fraction of sp³-hybridized carbons (Fsp3) is 0.500. The van der Waals surface area contributed by atoms with Gasteiger partial charge in [0.1, 0.15) is 0 Å². The molecule has 0 saturated heterocycles. The van der Waals surface area contributed by atoms with Gasteiger partial charge < -0.3 is 10.1 Å². The minimum atomic E-state index is -0.815. The van der Waals surface area contributed by atoms with Crippen LogP contribution in [0.1, 0.15) is 43.8 Å². The number of hydrogen-bond acceptors (Lipinski definition) is 3. The number of carbonyl (C=O) groups excluding carboxylic acids is 2. The second-order valence-corrected chi connectivity index (χ2v) is 5.64. The van der Waals surface area contributed by atoms with E-state index in [0.29, 0.717) is 0 Å². The molecular weight excluding hydrogens is 254 g/mol. The monoisotopic (exact) mass is 273 g/mol. The molecule has 0 aromatic heterocycles. The molecule has 1 amide bonds. The summed E-state index contributed by atoms with van der Waals surface area (Å²) in [6, 6.07) is 9.49. The maximum Gasteiger partial charge on any atom is 0.310 e. The quantitative estimate of drug-likeness (QED) is 0.838. The molecule has 1 aromatic carbocycles. The first kappa shape index (κ1) is 13.2. The summed E-state index contributed by atoms with van der Waals surface area (Å²) < 4.78 is 5.48. The molecule has 3 rings (SSSR count). The predicted molar refractivity (Wildman–Crippen MR) is 73.8 cm³/mol. The molecule has 1 N–H and O–H groups in total. The van der Waals surface area contributed by atoms with E-state index in [1.54, 1.807) is 0 Å². The lowest BCUT2D eigenvalue weighted by Gasteiger charge is -2.26. The molecule has 0 unspecified atom stereocenters. The lowest BCUT2D eigenvalue weighted by molar-refractivity contribution is -0.162. The van der Waals surface area contributed by atoms with E-state index in [1.165, 1.54) is 0 Å². The Kier molecular flexibility index (Phi) is 3.72. The van der Waals surface area contributed by atoms with Crippen molar-refractivity contribution in [1.82, 2.24) is 5.32 Å². The standard InChI is InChI=1S/C16H19NO3/c18-15(17-13-9-10-13)14(11-5-2-1-3-6-11)20-16(19)12-7-4-8-12/h1-3,5-6,12-14H,4,7-10H2,(H,17,18)/t14-/m0/s1. The summed E-state index contributed by atoms with van der Waals surface area (Å²) >= 11 is 0. The highest BCUT2D eigenvalue weighted by Gasteiger charge is 2.34. The first-order valence-electron chi connectivity index (χ1n) is 7.30. The van der Waals surface area contributed by atoms with Gasteiger partial charge in [-0.2, -0.15) is 0 Å². The van der Waals surface area contributed by atoms with Gasteiger partial charge >= 0.3 is 5.97 Å². The topological polar surface area (TPSA) is 55.4 Å². The highest BCUT2D eigenvalue weighted by Crippen LogP contribution is 2.30. The third-order valence-corrected chi connectivity index (χ3v) is 3.94. The van der Waals surface area contributed by atoms with E-state index in [4.69, 9.17) is 4.74 Å². The zero-order valence-corrected chi connectivity index (χ0v) is 11.4. The van der Waals surface area contributed by atoms with E-state index < -0.39 is 6.10 Å². The normalized spacial score (nSPS) is 19.8. The summed E-state index contributed by atoms with van der Waals surface area (Å²) in [7, 11) is 0. The van der Waals surface area contributed by atoms with Crippen LogP contribution in [0.4, 0.5) is 0 Å². The van der Waals surface area contributed by atoms with Crippen LogP contribution < -0.4 is 5.32 Å². The van der Waals surface area contributed by atoms with Crippen LogP contribution >= 0.6 is 0 Å². The molecule has 106 valence electrons. The fourth-order valence-electron chi connectivity index (χ4n) is 2.26. The Morgan fingerprint density at radius 3 is 2.35 bits per heavy atom. The molecule has 4 nitrogen and oxygen atoms in total. The molecule has 1 aromatic rings. The molecule has 0 heterocycles. The summed E-state index contributed by atoms with van der Waals surface area (Å²) in [5.74, 6) is -0.461. The van der Waals surface area contributed by atoms with Crippen LogP contribution in [0.3, 0.4) is 0 Å². The van der Waals surface area contributed by atoms with Gasteiger partial charge in [0.15, 0.2) is 0 Å². The number of nitrogens with one attached hydrogen (secondary N) is 1. The third-order valence-electron chi connectivity index (χ3n) is 3.94. The smallest absolute Gasteiger partial charge is 0.310 e. The summed E-state index contributed by atoms with van der Waals surface area (Å²) in [5, 5.41) is 2.92. The molecule has 2 aliphatic rings. The summed E-state index contributed by atoms with van der Waals surface area (Å²) in [6.07, 6.45) is 4.05. The van der Waals surface area contributed by atoms with Crippen molar-refractivity contribution in [2.45, 2.75) is 44.2 Å². The van der Waals surface area contributed by atoms with Crippen molar-refractivity contribution < 1.29 is 14.3 Å². The second-order valence-electron chi connectivity index (χ2n) is 5.64. The van der Waals surface area contributed by atoms with Gasteiger partial charge in [0.25, 0.3) is 5.91 Å². The number of benzene rings is 1. The van der Waals surface area contributed by atoms with Crippen LogP contribution in [0, 0.1) is 5.92 Å². The zero-order chi connectivity index (χ0) is 13.9. The number of carbonyl (C=O) groups is 2. The number of ether oxygens (including phenoxy) is 1. The van der Waals surface area contributed by atoms with Crippen molar-refractivity contribution in [2.24, 2.45) is 5.92 Å². The van der Waals surface area contributed by atoms with Crippen molar-refractivity contribution in [3.8, 4) is 0 Å². The highest BCUT2D eigenvalue weighted by atomic mass is 16.5. The Balaban J connectivity index is 1.71. The average Bonchev–Trinajstić information content (AvgIpc) is 3.18. The highest BCUT2D eigenvalue weighted by molar-refractivity contribution is 5.86. The van der Waals surface area contributed by atoms with Gasteiger partial charge in [-0.15, -0.1) is 0 Å². The SMILES string of the molecule is O=C(O[C@H](C(=O)NC1CC1)c1ccccc1)C1CCC1. The Bertz CT molecular complexity index is 492. The van der Waals surface area contributed by atoms with Crippen molar-refractivity contribution >= 4 is 11.9 Å². The largest absolute Gasteiger partial charge is 0.447 e. The van der Waals surface area contributed by atoms with Gasteiger partial charge in [0.2, 0.25) is 6.10 Å². The van der Waals surface area contributed by atoms with Gasteiger partial charge in [-0.05, 0) is 25.7 Å². The van der Waals surface area contributed by atoms with Crippen molar-refractivity contribution in [3.63, 3.8) is 0 Å². The van der Waals surface area contributed by atoms with Crippen LogP contribution in [0.25, 0.3) is 0 Å². The Hall–Kier alpha value is -1.84. The maximum absolute atomic E-state index is 12.3. The van der Waals surface area contributed by atoms with Gasteiger partial charge in [0, 0.05) is 11.6 Å². The molecule has 0 spiro atoms. The summed E-state index contributed by atoms with van der Waals surface area (Å²) in [5.41, 5.74) is 0.735. The van der Waals surface area contributed by atoms with E-state index in [1.807, 2.05) is 30.3 Å². The molecule has 1 atom stereocenters. The van der Waals surface area contributed by atoms with Crippen LogP contribution in [0.2, 0.25) is 0 Å². The van der Waals surface area contributed by atoms with E-state index in [9.17, 15) is 9.59 Å². The molecule has 2 saturated carbocycles. The lowest BCUT2D eigenvalue weighted by atomic mass is 9.85. The Morgan fingerprint density at radius 1 is 1.10 bits per heavy atom. The van der Waals surface area contributed by atoms with Crippen molar-refractivity contribution in [3.05, 3.63) is 35.9 Å². The molecule has 0 radical (unpaired) electrons. The van der Waals surface area contributed by atoms with Crippen molar-refractivity contribution in [1.29, 1.82) is 0 Å². The zero-order valence-electron chi connectivity index (χ0n) is 11.4. The predicted octanol–water partition coefficient (Wildman–Crippen LogP) is 2.35. The minimum absolute atomic E-state index is 0.0186. The average molecular weight is 273 g/mol. The molecule has 0 bridgehead atoms. The molecule has 0 aliphatic heterocycles. The van der Waals surface area contributed by atoms with Crippen LogP contribution in [-0.4, -0.2) is 17.9 Å². The van der Waals surface area contributed by atoms with Crippen LogP contribution in [0.15, 0.2) is 30.3 Å². The fourth-order valence-corrected chi connectivity index (χ4v) is 2.26. The lowest BCUT2D eigenvalue weighted by Crippen LogP contribution is -2.35. The van der Waals surface area contributed by atoms with E-state index >= 15 is 0 Å². The van der Waals surface area contributed by atoms with Gasteiger partial charge in [-0.25, -0.2) is 0 Å². The number of esters is 1. The first-order valence-corrected chi connectivity index (χ1v) is 7.30. The number of amides is 1. The first-order chi connectivity index (χ1) is 9.74. The number of rotatable bonds is 5. The molecule has 20 heavy (non-hydrogen) atoms. The van der Waals surface area contributed by atoms with E-state index in [2.05, 4.69) is 5.32 Å². The Labute approximate surface area is 118 Å². The van der Waals surface area contributed by atoms with Crippen molar-refractivity contribution in [2.75, 3.05) is 0 Å². The Morgan fingerprint density at radius 2 is 1.80 bits per heavy atom. The minimum Gasteiger partial charge on any atom is -0.447 e. The van der Waals surface area contributed by atoms with E-state index in [0.717, 1.165) is 37.7 Å². The van der Waals surface area contributed by atoms with Gasteiger partial charge in [-0.3, -0.25) is 9.59 Å². The van der Waals surface area contributed by atoms with Gasteiger partial charge in [-0.1, -0.05) is 36.8 Å². The molecule has 2 fully saturated rings. The second kappa shape index (κ2) is 5.65. The molecular formula is C16H19NO3. The van der Waals surface area contributed by atoms with Crippen LogP contribution in [-0.2, 0) is 14.3 Å². The van der Waals surface area contributed by atoms with E-state index in [-0.39, 0.29) is 23.8 Å². The summed E-state index contributed by atoms with van der Waals surface area (Å²) in [6.45, 7) is 0. The number of hydrogen-bond donors (Lipinski definition) is 1. The maximum atomic E-state index is 12.3. The molecule has 4 heteroatoms. The summed E-state index contributed by atoms with van der Waals surface area (Å²) in [4.78, 5) is 24.3. The van der Waals surface area contributed by atoms with Gasteiger partial charge in [0.05, 0.1) is 5.92 Å². The third kappa shape index (κ3) is 3.00.